The van der Waals surface area contributed by atoms with Crippen LogP contribution in [0.25, 0.3) is 0 Å². The number of benzene rings is 8. The molecule has 3 fully saturated rings. The number of nitrogens with zero attached hydrogens (tertiary/aromatic N) is 8. The Bertz CT molecular complexity index is 3940. The first kappa shape index (κ1) is 85.2. The van der Waals surface area contributed by atoms with Gasteiger partial charge in [-0.05, 0) is 44.5 Å². The summed E-state index contributed by atoms with van der Waals surface area (Å²) in [4.78, 5) is 4.90. The van der Waals surface area contributed by atoms with Gasteiger partial charge < -0.3 is 75.8 Å². The van der Waals surface area contributed by atoms with Gasteiger partial charge in [-0.2, -0.15) is 0 Å². The molecular weight excluding hydrogens is 1470 g/mol. The van der Waals surface area contributed by atoms with Crippen LogP contribution in [-0.4, -0.2) is 220 Å². The van der Waals surface area contributed by atoms with E-state index in [0.717, 1.165) is 83.8 Å². The lowest BCUT2D eigenvalue weighted by molar-refractivity contribution is -0.275. The van der Waals surface area contributed by atoms with Crippen LogP contribution in [0, 0.1) is 0 Å². The lowest BCUT2D eigenvalue weighted by Gasteiger charge is -2.45. The molecule has 3 saturated heterocycles. The van der Waals surface area contributed by atoms with Gasteiger partial charge in [-0.1, -0.05) is 253 Å². The first-order valence-corrected chi connectivity index (χ1v) is 40.8. The van der Waals surface area contributed by atoms with Gasteiger partial charge in [0.2, 0.25) is 0 Å². The number of ether oxygens (including phenoxy) is 16. The Morgan fingerprint density at radius 3 is 0.759 bits per heavy atom. The molecule has 0 amide bonds. The zero-order valence-electron chi connectivity index (χ0n) is 66.3. The molecule has 0 unspecified atom stereocenters. The summed E-state index contributed by atoms with van der Waals surface area (Å²) in [6.45, 7) is 15.7. The number of hydrogen-bond donors (Lipinski definition) is 0. The Morgan fingerprint density at radius 2 is 0.483 bits per heavy atom. The molecule has 0 saturated carbocycles. The zero-order valence-corrected chi connectivity index (χ0v) is 66.3. The summed E-state index contributed by atoms with van der Waals surface area (Å²) in [6.07, 6.45) is -2.30. The van der Waals surface area contributed by atoms with E-state index in [1.165, 1.54) is 0 Å². The average molecular weight is 1590 g/mol. The third-order valence-electron chi connectivity index (χ3n) is 20.4. The highest BCUT2D eigenvalue weighted by Gasteiger charge is 2.52. The SMILES string of the molecule is c1ccc(COC[C@H]2O[C@H](c3cn(CCOCCOCCOCCN4CCN(CCOCCOCCOCCn5cc([C@H]6O[C@H](COCc7ccccc7)[C@H](OCc7ccccc7)[C@H](OCc7ccccc7)[C@H]6OCc6ccccc6)nn5)CC4)nn3)[C@H](OCc3ccccc3)[C@@H](OCc3ccccc3)[C@H]2OCc2ccccc2)cc1. The highest BCUT2D eigenvalue weighted by Crippen LogP contribution is 2.40. The molecule has 10 aromatic rings. The van der Waals surface area contributed by atoms with E-state index in [1.54, 1.807) is 9.36 Å². The number of aromatic nitrogens is 6. The van der Waals surface area contributed by atoms with E-state index in [9.17, 15) is 0 Å². The highest BCUT2D eigenvalue weighted by atomic mass is 16.6. The van der Waals surface area contributed by atoms with Crippen molar-refractivity contribution < 1.29 is 75.8 Å². The average Bonchev–Trinajstić information content (AvgIpc) is 1.19. The van der Waals surface area contributed by atoms with Crippen molar-refractivity contribution in [1.82, 2.24) is 39.8 Å². The van der Waals surface area contributed by atoms with E-state index in [1.807, 2.05) is 207 Å². The second kappa shape index (κ2) is 48.9. The monoisotopic (exact) mass is 1580 g/mol. The van der Waals surface area contributed by atoms with E-state index in [2.05, 4.69) is 68.8 Å². The summed E-state index contributed by atoms with van der Waals surface area (Å²) in [6, 6.07) is 81.0. The van der Waals surface area contributed by atoms with Crippen molar-refractivity contribution in [3.05, 3.63) is 311 Å². The highest BCUT2D eigenvalue weighted by molar-refractivity contribution is 5.21. The van der Waals surface area contributed by atoms with Crippen molar-refractivity contribution in [2.24, 2.45) is 0 Å². The Kier molecular flexibility index (Phi) is 35.9. The molecule has 8 aromatic carbocycles. The maximum absolute atomic E-state index is 7.08. The van der Waals surface area contributed by atoms with E-state index in [4.69, 9.17) is 86.0 Å². The first-order valence-electron chi connectivity index (χ1n) is 40.8. The zero-order chi connectivity index (χ0) is 78.9. The van der Waals surface area contributed by atoms with Crippen LogP contribution in [0.4, 0.5) is 0 Å². The fourth-order valence-electron chi connectivity index (χ4n) is 14.2. The molecular formula is C92H112N8O16. The van der Waals surface area contributed by atoms with Gasteiger partial charge in [-0.15, -0.1) is 10.2 Å². The molecule has 0 bridgehead atoms. The first-order chi connectivity index (χ1) is 57.6. The predicted octanol–water partition coefficient (Wildman–Crippen LogP) is 12.1. The molecule has 24 heteroatoms. The van der Waals surface area contributed by atoms with Gasteiger partial charge in [-0.25, -0.2) is 9.36 Å². The van der Waals surface area contributed by atoms with Gasteiger partial charge in [0.25, 0.3) is 0 Å². The van der Waals surface area contributed by atoms with Crippen LogP contribution >= 0.6 is 0 Å². The minimum Gasteiger partial charge on any atom is -0.378 e. The molecule has 3 aliphatic heterocycles. The normalized spacial score (nSPS) is 20.7. The van der Waals surface area contributed by atoms with E-state index in [-0.39, 0.29) is 13.2 Å². The van der Waals surface area contributed by atoms with Crippen molar-refractivity contribution in [3.63, 3.8) is 0 Å². The van der Waals surface area contributed by atoms with Gasteiger partial charge in [0, 0.05) is 39.3 Å². The molecule has 5 heterocycles. The topological polar surface area (TPSA) is 216 Å². The molecule has 2 aromatic heterocycles. The molecule has 0 spiro atoms. The van der Waals surface area contributed by atoms with Crippen molar-refractivity contribution in [2.45, 2.75) is 127 Å². The maximum Gasteiger partial charge on any atom is 0.132 e. The van der Waals surface area contributed by atoms with Crippen LogP contribution in [0.2, 0.25) is 0 Å². The summed E-state index contributed by atoms with van der Waals surface area (Å²) >= 11 is 0. The maximum atomic E-state index is 7.08. The molecule has 0 radical (unpaired) electrons. The van der Waals surface area contributed by atoms with Crippen LogP contribution in [0.1, 0.15) is 68.1 Å². The van der Waals surface area contributed by atoms with Gasteiger partial charge in [-0.3, -0.25) is 9.80 Å². The molecule has 13 rings (SSSR count). The third kappa shape index (κ3) is 28.3. The molecule has 116 heavy (non-hydrogen) atoms. The quantitative estimate of drug-likeness (QED) is 0.0324. The summed E-state index contributed by atoms with van der Waals surface area (Å²) in [5, 5.41) is 18.5. The van der Waals surface area contributed by atoms with Crippen LogP contribution in [0.5, 0.6) is 0 Å². The summed E-state index contributed by atoms with van der Waals surface area (Å²) in [5.41, 5.74) is 9.47. The molecule has 3 aliphatic rings. The lowest BCUT2D eigenvalue weighted by atomic mass is 9.92. The number of rotatable bonds is 52. The Hall–Kier alpha value is -8.68. The van der Waals surface area contributed by atoms with E-state index >= 15 is 0 Å². The van der Waals surface area contributed by atoms with Crippen molar-refractivity contribution in [3.8, 4) is 0 Å². The van der Waals surface area contributed by atoms with Crippen LogP contribution in [0.15, 0.2) is 255 Å². The number of piperazine rings is 1. The summed E-state index contributed by atoms with van der Waals surface area (Å²) < 4.78 is 108. The fourth-order valence-corrected chi connectivity index (χ4v) is 14.2. The van der Waals surface area contributed by atoms with Crippen LogP contribution in [-0.2, 0) is 142 Å². The van der Waals surface area contributed by atoms with Gasteiger partial charge >= 0.3 is 0 Å². The molecule has 0 aliphatic carbocycles. The fraction of sp³-hybridized carbons (Fsp3) is 0.435. The summed E-state index contributed by atoms with van der Waals surface area (Å²) in [7, 11) is 0. The van der Waals surface area contributed by atoms with Crippen molar-refractivity contribution in [1.29, 1.82) is 0 Å². The number of hydrogen-bond acceptors (Lipinski definition) is 22. The van der Waals surface area contributed by atoms with E-state index in [0.29, 0.717) is 157 Å². The lowest BCUT2D eigenvalue weighted by Crippen LogP contribution is -2.58. The summed E-state index contributed by atoms with van der Waals surface area (Å²) in [5.74, 6) is 0. The second-order valence-electron chi connectivity index (χ2n) is 28.9. The minimum absolute atomic E-state index is 0.237. The smallest absolute Gasteiger partial charge is 0.132 e. The minimum atomic E-state index is -0.679. The second-order valence-corrected chi connectivity index (χ2v) is 28.9. The largest absolute Gasteiger partial charge is 0.378 e. The molecule has 24 nitrogen and oxygen atoms in total. The van der Waals surface area contributed by atoms with Crippen LogP contribution in [0.3, 0.4) is 0 Å². The van der Waals surface area contributed by atoms with Gasteiger partial charge in [0.15, 0.2) is 0 Å². The standard InChI is InChI=1S/C92H112N8O16/c1-9-25-73(26-10-1)63-107-71-83-87(109-65-75-29-13-3-14-30-75)91(113-69-79-37-21-7-22-38-79)89(111-67-77-33-17-5-18-34-77)85(115-83)81-61-99(95-93-81)47-51-103-55-59-105-57-53-101-49-45-97-41-43-98(44-42-97)46-50-102-54-58-106-60-56-104-52-48-100-62-82(94-96-100)86-90(112-68-78-35-19-6-20-36-78)92(114-70-80-39-23-8-24-40-80)88(110-66-76-31-15-4-16-32-76)84(116-86)72-108-64-74-27-11-2-12-28-74/h1-40,61-62,83-92H,41-60,63-72H2/t83-,84-,85-,86-,87+,88+,89+,90+,91+,92+/m1/s1. The Morgan fingerprint density at radius 1 is 0.250 bits per heavy atom. The van der Waals surface area contributed by atoms with Crippen molar-refractivity contribution >= 4 is 0 Å². The Labute approximate surface area is 681 Å². The molecule has 616 valence electrons. The van der Waals surface area contributed by atoms with Gasteiger partial charge in [0.05, 0.1) is 171 Å². The third-order valence-corrected chi connectivity index (χ3v) is 20.4. The van der Waals surface area contributed by atoms with Gasteiger partial charge in [0.1, 0.15) is 72.4 Å². The molecule has 10 atom stereocenters. The van der Waals surface area contributed by atoms with Crippen molar-refractivity contribution in [2.75, 3.05) is 132 Å². The Balaban J connectivity index is 0.487. The van der Waals surface area contributed by atoms with Crippen LogP contribution < -0.4 is 0 Å². The molecule has 0 N–H and O–H groups in total. The predicted molar refractivity (Wildman–Crippen MR) is 435 cm³/mol. The van der Waals surface area contributed by atoms with E-state index < -0.39 is 61.0 Å².